The molecule has 134 valence electrons. The topological polar surface area (TPSA) is 83.6 Å². The molecule has 0 fully saturated rings. The summed E-state index contributed by atoms with van der Waals surface area (Å²) >= 11 is 0. The van der Waals surface area contributed by atoms with Crippen molar-refractivity contribution in [2.45, 2.75) is 53.0 Å². The SMILES string of the molecule is CC(C)(C)CCCC(=O)O.CN1CCc2cc(CN)ccc2C1=O. The van der Waals surface area contributed by atoms with Crippen LogP contribution in [0.2, 0.25) is 0 Å². The number of rotatable bonds is 4. The van der Waals surface area contributed by atoms with E-state index in [1.165, 1.54) is 0 Å². The molecule has 1 amide bonds. The number of carbonyl (C=O) groups excluding carboxylic acids is 1. The summed E-state index contributed by atoms with van der Waals surface area (Å²) in [5.41, 5.74) is 8.89. The summed E-state index contributed by atoms with van der Waals surface area (Å²) in [7, 11) is 1.84. The molecule has 0 radical (unpaired) electrons. The molecule has 3 N–H and O–H groups in total. The van der Waals surface area contributed by atoms with Gasteiger partial charge in [-0.1, -0.05) is 32.9 Å². The van der Waals surface area contributed by atoms with Crippen LogP contribution in [0.4, 0.5) is 0 Å². The Balaban J connectivity index is 0.000000257. The maximum absolute atomic E-state index is 11.7. The highest BCUT2D eigenvalue weighted by Crippen LogP contribution is 2.21. The predicted octanol–water partition coefficient (Wildman–Crippen LogP) is 3.06. The van der Waals surface area contributed by atoms with Gasteiger partial charge in [-0.3, -0.25) is 9.59 Å². The van der Waals surface area contributed by atoms with E-state index in [-0.39, 0.29) is 11.3 Å². The summed E-state index contributed by atoms with van der Waals surface area (Å²) in [5, 5.41) is 8.31. The molecule has 1 aliphatic heterocycles. The molecule has 0 bridgehead atoms. The minimum atomic E-state index is -0.691. The summed E-state index contributed by atoms with van der Waals surface area (Å²) in [5.74, 6) is -0.570. The number of carboxylic acids is 1. The van der Waals surface area contributed by atoms with Crippen LogP contribution in [0.25, 0.3) is 0 Å². The fraction of sp³-hybridized carbons (Fsp3) is 0.579. The Bertz CT molecular complexity index is 576. The molecular weight excluding hydrogens is 304 g/mol. The maximum Gasteiger partial charge on any atom is 0.303 e. The second-order valence-corrected chi connectivity index (χ2v) is 7.48. The Labute approximate surface area is 144 Å². The molecule has 1 aromatic rings. The molecule has 0 unspecified atom stereocenters. The maximum atomic E-state index is 11.7. The van der Waals surface area contributed by atoms with Gasteiger partial charge in [0, 0.05) is 32.1 Å². The minimum Gasteiger partial charge on any atom is -0.481 e. The average Bonchev–Trinajstić information content (AvgIpc) is 2.49. The number of hydrogen-bond acceptors (Lipinski definition) is 3. The first-order chi connectivity index (χ1) is 11.1. The van der Waals surface area contributed by atoms with Crippen LogP contribution in [0.5, 0.6) is 0 Å². The van der Waals surface area contributed by atoms with Crippen molar-refractivity contribution in [3.05, 3.63) is 34.9 Å². The molecule has 0 atom stereocenters. The Hall–Kier alpha value is -1.88. The van der Waals surface area contributed by atoms with Crippen molar-refractivity contribution in [3.8, 4) is 0 Å². The monoisotopic (exact) mass is 334 g/mol. The lowest BCUT2D eigenvalue weighted by molar-refractivity contribution is -0.137. The summed E-state index contributed by atoms with van der Waals surface area (Å²) < 4.78 is 0. The molecule has 1 heterocycles. The molecule has 1 aliphatic rings. The van der Waals surface area contributed by atoms with Gasteiger partial charge in [0.15, 0.2) is 0 Å². The molecule has 5 heteroatoms. The zero-order valence-electron chi connectivity index (χ0n) is 15.3. The lowest BCUT2D eigenvalue weighted by atomic mass is 9.90. The number of aliphatic carboxylic acids is 1. The van der Waals surface area contributed by atoms with Gasteiger partial charge in [0.25, 0.3) is 5.91 Å². The van der Waals surface area contributed by atoms with E-state index in [1.807, 2.05) is 25.2 Å². The highest BCUT2D eigenvalue weighted by Gasteiger charge is 2.20. The first-order valence-electron chi connectivity index (χ1n) is 8.43. The molecule has 1 aromatic carbocycles. The molecule has 2 rings (SSSR count). The van der Waals surface area contributed by atoms with Crippen molar-refractivity contribution in [1.29, 1.82) is 0 Å². The van der Waals surface area contributed by atoms with Gasteiger partial charge in [-0.15, -0.1) is 0 Å². The van der Waals surface area contributed by atoms with Crippen LogP contribution in [-0.2, 0) is 17.8 Å². The molecule has 5 nitrogen and oxygen atoms in total. The lowest BCUT2D eigenvalue weighted by Gasteiger charge is -2.25. The van der Waals surface area contributed by atoms with Crippen molar-refractivity contribution in [3.63, 3.8) is 0 Å². The van der Waals surface area contributed by atoms with Gasteiger partial charge in [-0.25, -0.2) is 0 Å². The number of nitrogens with zero attached hydrogens (tertiary/aromatic N) is 1. The quantitative estimate of drug-likeness (QED) is 0.886. The van der Waals surface area contributed by atoms with Crippen LogP contribution >= 0.6 is 0 Å². The molecule has 0 saturated carbocycles. The van der Waals surface area contributed by atoms with Crippen LogP contribution in [0.1, 0.15) is 61.5 Å². The zero-order chi connectivity index (χ0) is 18.3. The Kier molecular flexibility index (Phi) is 7.42. The Morgan fingerprint density at radius 1 is 1.33 bits per heavy atom. The van der Waals surface area contributed by atoms with Crippen molar-refractivity contribution in [1.82, 2.24) is 4.90 Å². The number of hydrogen-bond donors (Lipinski definition) is 2. The molecular formula is C19H30N2O3. The standard InChI is InChI=1S/C11H14N2O.C8H16O2/c1-13-5-4-9-6-8(7-12)2-3-10(9)11(13)14;1-8(2,3)6-4-5-7(9)10/h2-3,6H,4-5,7,12H2,1H3;4-6H2,1-3H3,(H,9,10). The number of fused-ring (bicyclic) bond motifs is 1. The Morgan fingerprint density at radius 3 is 2.54 bits per heavy atom. The molecule has 0 aromatic heterocycles. The van der Waals surface area contributed by atoms with Gasteiger partial charge in [-0.05, 0) is 41.9 Å². The summed E-state index contributed by atoms with van der Waals surface area (Å²) in [4.78, 5) is 23.6. The number of benzene rings is 1. The summed E-state index contributed by atoms with van der Waals surface area (Å²) in [6.07, 6.45) is 3.01. The second kappa shape index (κ2) is 8.83. The lowest BCUT2D eigenvalue weighted by Crippen LogP contribution is -2.34. The van der Waals surface area contributed by atoms with Gasteiger partial charge in [0.1, 0.15) is 0 Å². The number of nitrogens with two attached hydrogens (primary N) is 1. The highest BCUT2D eigenvalue weighted by molar-refractivity contribution is 5.96. The third-order valence-electron chi connectivity index (χ3n) is 4.02. The van der Waals surface area contributed by atoms with Crippen molar-refractivity contribution in [2.24, 2.45) is 11.1 Å². The Morgan fingerprint density at radius 2 is 2.00 bits per heavy atom. The van der Waals surface area contributed by atoms with E-state index >= 15 is 0 Å². The number of amides is 1. The van der Waals surface area contributed by atoms with Crippen LogP contribution in [0.15, 0.2) is 18.2 Å². The van der Waals surface area contributed by atoms with Crippen molar-refractivity contribution < 1.29 is 14.7 Å². The van der Waals surface area contributed by atoms with E-state index in [0.29, 0.717) is 13.0 Å². The van der Waals surface area contributed by atoms with Gasteiger partial charge < -0.3 is 15.7 Å². The van der Waals surface area contributed by atoms with Crippen molar-refractivity contribution in [2.75, 3.05) is 13.6 Å². The van der Waals surface area contributed by atoms with Crippen molar-refractivity contribution >= 4 is 11.9 Å². The zero-order valence-corrected chi connectivity index (χ0v) is 15.3. The van der Waals surface area contributed by atoms with Gasteiger partial charge in [0.05, 0.1) is 0 Å². The largest absolute Gasteiger partial charge is 0.481 e. The van der Waals surface area contributed by atoms with Gasteiger partial charge in [-0.2, -0.15) is 0 Å². The van der Waals surface area contributed by atoms with E-state index in [2.05, 4.69) is 20.8 Å². The molecule has 0 aliphatic carbocycles. The summed E-state index contributed by atoms with van der Waals surface area (Å²) in [6.45, 7) is 7.70. The van der Waals surface area contributed by atoms with Crippen LogP contribution in [0.3, 0.4) is 0 Å². The van der Waals surface area contributed by atoms with E-state index in [4.69, 9.17) is 10.8 Å². The highest BCUT2D eigenvalue weighted by atomic mass is 16.4. The number of likely N-dealkylation sites (N-methyl/N-ethyl adjacent to an activating group) is 1. The van der Waals surface area contributed by atoms with E-state index in [9.17, 15) is 9.59 Å². The second-order valence-electron chi connectivity index (χ2n) is 7.48. The number of carboxylic acid groups (broad SMARTS) is 1. The van der Waals surface area contributed by atoms with Crippen LogP contribution in [0, 0.1) is 5.41 Å². The van der Waals surface area contributed by atoms with Crippen LogP contribution < -0.4 is 5.73 Å². The third-order valence-corrected chi connectivity index (χ3v) is 4.02. The fourth-order valence-corrected chi connectivity index (χ4v) is 2.55. The fourth-order valence-electron chi connectivity index (χ4n) is 2.55. The predicted molar refractivity (Wildman–Crippen MR) is 95.9 cm³/mol. The molecule has 0 saturated heterocycles. The molecule has 0 spiro atoms. The summed E-state index contributed by atoms with van der Waals surface area (Å²) in [6, 6.07) is 5.85. The van der Waals surface area contributed by atoms with E-state index in [1.54, 1.807) is 4.90 Å². The normalized spacial score (nSPS) is 13.9. The first-order valence-corrected chi connectivity index (χ1v) is 8.43. The van der Waals surface area contributed by atoms with Gasteiger partial charge in [0.2, 0.25) is 0 Å². The first kappa shape index (κ1) is 20.2. The average molecular weight is 334 g/mol. The van der Waals surface area contributed by atoms with Gasteiger partial charge >= 0.3 is 5.97 Å². The van der Waals surface area contributed by atoms with E-state index in [0.717, 1.165) is 42.5 Å². The molecule has 24 heavy (non-hydrogen) atoms. The number of carbonyl (C=O) groups is 2. The third kappa shape index (κ3) is 6.71. The van der Waals surface area contributed by atoms with E-state index < -0.39 is 5.97 Å². The van der Waals surface area contributed by atoms with Crippen LogP contribution in [-0.4, -0.2) is 35.5 Å². The smallest absolute Gasteiger partial charge is 0.303 e. The minimum absolute atomic E-state index is 0.120.